The van der Waals surface area contributed by atoms with Crippen molar-refractivity contribution in [3.8, 4) is 0 Å². The van der Waals surface area contributed by atoms with E-state index < -0.39 is 11.4 Å². The van der Waals surface area contributed by atoms with Crippen molar-refractivity contribution in [3.63, 3.8) is 0 Å². The smallest absolute Gasteiger partial charge is 0.255 e. The minimum atomic E-state index is -0.661. The average Bonchev–Trinajstić information content (AvgIpc) is 3.41. The normalized spacial score (nSPS) is 21.1. The van der Waals surface area contributed by atoms with E-state index in [1.807, 2.05) is 6.92 Å². The number of Topliss-reactive ketones (excluding diaryl/α,β-unsaturated/α-hetero) is 1. The molecule has 0 aromatic carbocycles. The maximum Gasteiger partial charge on any atom is 0.255 e. The van der Waals surface area contributed by atoms with Gasteiger partial charge in [0.1, 0.15) is 18.9 Å². The number of rotatable bonds is 9. The van der Waals surface area contributed by atoms with E-state index in [9.17, 15) is 14.4 Å². The number of hydrogen-bond donors (Lipinski definition) is 1. The Labute approximate surface area is 176 Å². The summed E-state index contributed by atoms with van der Waals surface area (Å²) in [7, 11) is 0. The SMILES string of the molecule is CCCCN(C(=O)[C@H](CC1CCCCC1)NC(=O)c1ccoc1)[C@@H]1SOCC1=O. The summed E-state index contributed by atoms with van der Waals surface area (Å²) >= 11 is 1.05. The molecule has 0 spiro atoms. The number of hydrogen-bond acceptors (Lipinski definition) is 6. The highest BCUT2D eigenvalue weighted by Gasteiger charge is 2.39. The van der Waals surface area contributed by atoms with Gasteiger partial charge in [0.25, 0.3) is 5.91 Å². The third kappa shape index (κ3) is 5.85. The predicted octanol–water partition coefficient (Wildman–Crippen LogP) is 3.55. The number of carbonyl (C=O) groups excluding carboxylic acids is 3. The molecule has 2 atom stereocenters. The lowest BCUT2D eigenvalue weighted by Crippen LogP contribution is -2.53. The van der Waals surface area contributed by atoms with Gasteiger partial charge in [-0.2, -0.15) is 0 Å². The zero-order valence-corrected chi connectivity index (χ0v) is 17.7. The van der Waals surface area contributed by atoms with E-state index in [2.05, 4.69) is 5.32 Å². The Kier molecular flexibility index (Phi) is 8.18. The number of nitrogens with one attached hydrogen (secondary N) is 1. The van der Waals surface area contributed by atoms with Crippen molar-refractivity contribution in [2.45, 2.75) is 69.7 Å². The third-order valence-electron chi connectivity index (χ3n) is 5.64. The van der Waals surface area contributed by atoms with Crippen LogP contribution in [0.15, 0.2) is 23.0 Å². The molecule has 7 nitrogen and oxygen atoms in total. The molecule has 1 N–H and O–H groups in total. The van der Waals surface area contributed by atoms with Gasteiger partial charge in [-0.25, -0.2) is 0 Å². The third-order valence-corrected chi connectivity index (χ3v) is 6.59. The van der Waals surface area contributed by atoms with Crippen LogP contribution in [0.4, 0.5) is 0 Å². The van der Waals surface area contributed by atoms with E-state index >= 15 is 0 Å². The molecule has 1 aromatic rings. The van der Waals surface area contributed by atoms with Crippen LogP contribution in [0, 0.1) is 5.92 Å². The van der Waals surface area contributed by atoms with Crippen LogP contribution >= 0.6 is 12.0 Å². The quantitative estimate of drug-likeness (QED) is 0.612. The first-order valence-corrected chi connectivity index (χ1v) is 11.3. The summed E-state index contributed by atoms with van der Waals surface area (Å²) in [5, 5.41) is 2.28. The summed E-state index contributed by atoms with van der Waals surface area (Å²) in [6, 6.07) is 0.919. The fourth-order valence-electron chi connectivity index (χ4n) is 3.99. The zero-order chi connectivity index (χ0) is 20.6. The number of unbranched alkanes of at least 4 members (excludes halogenated alkanes) is 1. The van der Waals surface area contributed by atoms with Crippen molar-refractivity contribution in [3.05, 3.63) is 24.2 Å². The molecule has 1 aromatic heterocycles. The summed E-state index contributed by atoms with van der Waals surface area (Å²) in [6.45, 7) is 2.54. The van der Waals surface area contributed by atoms with Gasteiger partial charge < -0.3 is 18.8 Å². The Hall–Kier alpha value is -1.80. The summed E-state index contributed by atoms with van der Waals surface area (Å²) in [5.41, 5.74) is 0.390. The predicted molar refractivity (Wildman–Crippen MR) is 110 cm³/mol. The second-order valence-electron chi connectivity index (χ2n) is 7.84. The Morgan fingerprint density at radius 2 is 2.10 bits per heavy atom. The van der Waals surface area contributed by atoms with E-state index in [0.29, 0.717) is 24.4 Å². The molecule has 0 unspecified atom stereocenters. The highest BCUT2D eigenvalue weighted by molar-refractivity contribution is 7.96. The molecule has 2 amide bonds. The fraction of sp³-hybridized carbons (Fsp3) is 0.667. The van der Waals surface area contributed by atoms with Gasteiger partial charge in [-0.3, -0.25) is 14.4 Å². The summed E-state index contributed by atoms with van der Waals surface area (Å²) in [6.07, 6.45) is 10.8. The standard InChI is InChI=1S/C21H30N2O5S/c1-2-3-10-23(21-18(24)14-28-29-21)20(26)17(12-15-7-5-4-6-8-15)22-19(25)16-9-11-27-13-16/h9,11,13,15,17,21H,2-8,10,12,14H2,1H3,(H,22,25)/t17-,21+/m0/s1. The van der Waals surface area contributed by atoms with Crippen LogP contribution in [0.2, 0.25) is 0 Å². The van der Waals surface area contributed by atoms with Crippen LogP contribution in [0.3, 0.4) is 0 Å². The maximum atomic E-state index is 13.5. The molecule has 2 fully saturated rings. The molecule has 0 bridgehead atoms. The largest absolute Gasteiger partial charge is 0.472 e. The number of amides is 2. The van der Waals surface area contributed by atoms with Gasteiger partial charge in [0.2, 0.25) is 5.91 Å². The number of carbonyl (C=O) groups is 3. The van der Waals surface area contributed by atoms with Crippen molar-refractivity contribution in [1.82, 2.24) is 10.2 Å². The Balaban J connectivity index is 1.77. The summed E-state index contributed by atoms with van der Waals surface area (Å²) in [5.74, 6) is -0.224. The van der Waals surface area contributed by atoms with E-state index in [1.165, 1.54) is 18.9 Å². The van der Waals surface area contributed by atoms with Crippen molar-refractivity contribution >= 4 is 29.6 Å². The van der Waals surface area contributed by atoms with Gasteiger partial charge >= 0.3 is 0 Å². The first-order valence-electron chi connectivity index (χ1n) is 10.5. The molecular formula is C21H30N2O5S. The Morgan fingerprint density at radius 1 is 1.31 bits per heavy atom. The van der Waals surface area contributed by atoms with Gasteiger partial charge in [0.05, 0.1) is 11.8 Å². The molecular weight excluding hydrogens is 392 g/mol. The van der Waals surface area contributed by atoms with Gasteiger partial charge in [-0.1, -0.05) is 45.4 Å². The lowest BCUT2D eigenvalue weighted by atomic mass is 9.84. The van der Waals surface area contributed by atoms with Gasteiger partial charge in [-0.05, 0) is 24.8 Å². The first kappa shape index (κ1) is 21.9. The van der Waals surface area contributed by atoms with Crippen molar-refractivity contribution in [2.24, 2.45) is 5.92 Å². The Morgan fingerprint density at radius 3 is 2.72 bits per heavy atom. The molecule has 0 radical (unpaired) electrons. The van der Waals surface area contributed by atoms with Crippen LogP contribution in [0.25, 0.3) is 0 Å². The molecule has 1 saturated carbocycles. The molecule has 2 heterocycles. The van der Waals surface area contributed by atoms with E-state index in [1.54, 1.807) is 11.0 Å². The van der Waals surface area contributed by atoms with Crippen LogP contribution in [-0.4, -0.2) is 47.1 Å². The van der Waals surface area contributed by atoms with Crippen LogP contribution in [-0.2, 0) is 13.8 Å². The molecule has 1 saturated heterocycles. The van der Waals surface area contributed by atoms with Gasteiger partial charge in [0, 0.05) is 18.6 Å². The molecule has 1 aliphatic carbocycles. The van der Waals surface area contributed by atoms with Crippen LogP contribution in [0.1, 0.15) is 68.6 Å². The minimum absolute atomic E-state index is 0.0138. The molecule has 29 heavy (non-hydrogen) atoms. The number of nitrogens with zero attached hydrogens (tertiary/aromatic N) is 1. The average molecular weight is 423 g/mol. The van der Waals surface area contributed by atoms with Crippen molar-refractivity contribution in [2.75, 3.05) is 13.2 Å². The lowest BCUT2D eigenvalue weighted by Gasteiger charge is -2.32. The van der Waals surface area contributed by atoms with Gasteiger partial charge in [-0.15, -0.1) is 0 Å². The van der Waals surface area contributed by atoms with Crippen LogP contribution < -0.4 is 5.32 Å². The number of ketones is 1. The topological polar surface area (TPSA) is 88.8 Å². The highest BCUT2D eigenvalue weighted by atomic mass is 32.2. The van der Waals surface area contributed by atoms with E-state index in [-0.39, 0.29) is 24.2 Å². The molecule has 1 aliphatic heterocycles. The van der Waals surface area contributed by atoms with E-state index in [0.717, 1.165) is 50.6 Å². The Bertz CT molecular complexity index is 687. The summed E-state index contributed by atoms with van der Waals surface area (Å²) < 4.78 is 10.2. The zero-order valence-electron chi connectivity index (χ0n) is 16.9. The molecule has 2 aliphatic rings. The van der Waals surface area contributed by atoms with Crippen LogP contribution in [0.5, 0.6) is 0 Å². The second kappa shape index (κ2) is 10.8. The van der Waals surface area contributed by atoms with E-state index in [4.69, 9.17) is 8.60 Å². The lowest BCUT2D eigenvalue weighted by molar-refractivity contribution is -0.138. The first-order chi connectivity index (χ1) is 14.1. The molecule has 8 heteroatoms. The summed E-state index contributed by atoms with van der Waals surface area (Å²) in [4.78, 5) is 40.0. The fourth-order valence-corrected chi connectivity index (χ4v) is 4.79. The monoisotopic (exact) mass is 422 g/mol. The minimum Gasteiger partial charge on any atom is -0.472 e. The maximum absolute atomic E-state index is 13.5. The van der Waals surface area contributed by atoms with Crippen molar-refractivity contribution in [1.29, 1.82) is 0 Å². The van der Waals surface area contributed by atoms with Gasteiger partial charge in [0.15, 0.2) is 11.2 Å². The highest BCUT2D eigenvalue weighted by Crippen LogP contribution is 2.30. The van der Waals surface area contributed by atoms with Crippen molar-refractivity contribution < 1.29 is 23.0 Å². The molecule has 3 rings (SSSR count). The number of furan rings is 1. The second-order valence-corrected chi connectivity index (χ2v) is 8.71. The molecule has 160 valence electrons.